The molecular weight excluding hydrogens is 231 g/mol. The van der Waals surface area contributed by atoms with E-state index < -0.39 is 0 Å². The fraction of sp³-hybridized carbons (Fsp3) is 0.500. The molecule has 1 amide bonds. The molecule has 1 rings (SSSR count). The van der Waals surface area contributed by atoms with Crippen molar-refractivity contribution in [2.75, 3.05) is 13.1 Å². The number of hydrogen-bond acceptors (Lipinski definition) is 2. The van der Waals surface area contributed by atoms with Gasteiger partial charge in [0.05, 0.1) is 0 Å². The molecule has 18 heavy (non-hydrogen) atoms. The zero-order valence-electron chi connectivity index (χ0n) is 11.2. The highest BCUT2D eigenvalue weighted by Crippen LogP contribution is 2.18. The molecule has 0 heterocycles. The smallest absolute Gasteiger partial charge is 0.251 e. The van der Waals surface area contributed by atoms with Crippen molar-refractivity contribution >= 4 is 5.91 Å². The van der Waals surface area contributed by atoms with Gasteiger partial charge in [-0.3, -0.25) is 4.79 Å². The molecule has 0 aliphatic heterocycles. The summed E-state index contributed by atoms with van der Waals surface area (Å²) in [5, 5.41) is 2.81. The Hall–Kier alpha value is -1.42. The lowest BCUT2D eigenvalue weighted by molar-refractivity contribution is 0.0934. The first-order valence-corrected chi connectivity index (χ1v) is 6.10. The lowest BCUT2D eigenvalue weighted by atomic mass is 9.89. The normalized spacial score (nSPS) is 11.4. The summed E-state index contributed by atoms with van der Waals surface area (Å²) in [6.45, 7) is 6.85. The fourth-order valence-electron chi connectivity index (χ4n) is 1.63. The molecule has 0 fully saturated rings. The second-order valence-corrected chi connectivity index (χ2v) is 5.35. The van der Waals surface area contributed by atoms with Gasteiger partial charge in [0.1, 0.15) is 5.82 Å². The van der Waals surface area contributed by atoms with Crippen LogP contribution >= 0.6 is 0 Å². The second-order valence-electron chi connectivity index (χ2n) is 5.35. The van der Waals surface area contributed by atoms with Gasteiger partial charge in [-0.25, -0.2) is 4.39 Å². The third kappa shape index (κ3) is 4.11. The minimum Gasteiger partial charge on any atom is -0.352 e. The summed E-state index contributed by atoms with van der Waals surface area (Å²) in [5.41, 5.74) is 6.34. The molecule has 0 saturated heterocycles. The predicted octanol–water partition coefficient (Wildman–Crippen LogP) is 2.24. The predicted molar refractivity (Wildman–Crippen MR) is 70.9 cm³/mol. The maximum absolute atomic E-state index is 13.3. The van der Waals surface area contributed by atoms with Gasteiger partial charge < -0.3 is 11.1 Å². The molecule has 4 heteroatoms. The summed E-state index contributed by atoms with van der Waals surface area (Å²) in [5.74, 6) is -0.608. The Morgan fingerprint density at radius 2 is 2.11 bits per heavy atom. The van der Waals surface area contributed by atoms with E-state index in [1.165, 1.54) is 6.07 Å². The molecule has 0 aliphatic rings. The van der Waals surface area contributed by atoms with Crippen LogP contribution in [0.2, 0.25) is 0 Å². The summed E-state index contributed by atoms with van der Waals surface area (Å²) in [6, 6.07) is 4.50. The van der Waals surface area contributed by atoms with E-state index in [1.54, 1.807) is 19.1 Å². The molecule has 100 valence electrons. The van der Waals surface area contributed by atoms with Gasteiger partial charge in [0, 0.05) is 12.1 Å². The Balaban J connectivity index is 2.63. The molecule has 0 radical (unpaired) electrons. The highest BCUT2D eigenvalue weighted by Gasteiger charge is 2.18. The van der Waals surface area contributed by atoms with Gasteiger partial charge >= 0.3 is 0 Å². The number of nitrogens with two attached hydrogens (primary N) is 1. The number of amides is 1. The van der Waals surface area contributed by atoms with E-state index in [1.807, 2.05) is 13.8 Å². The number of carbonyl (C=O) groups excluding carboxylic acids is 1. The number of aryl methyl sites for hydroxylation is 1. The third-order valence-electron chi connectivity index (χ3n) is 2.98. The SMILES string of the molecule is Cc1ccc(C(=O)NCC(C)(C)CCN)cc1F. The molecule has 0 aliphatic carbocycles. The van der Waals surface area contributed by atoms with Gasteiger partial charge in [0.25, 0.3) is 5.91 Å². The van der Waals surface area contributed by atoms with Crippen LogP contribution in [0.15, 0.2) is 18.2 Å². The Morgan fingerprint density at radius 3 is 2.67 bits per heavy atom. The summed E-state index contributed by atoms with van der Waals surface area (Å²) in [6.07, 6.45) is 0.829. The summed E-state index contributed by atoms with van der Waals surface area (Å²) >= 11 is 0. The average Bonchev–Trinajstić information content (AvgIpc) is 2.30. The van der Waals surface area contributed by atoms with Crippen LogP contribution in [0.4, 0.5) is 4.39 Å². The molecule has 0 bridgehead atoms. The Kier molecular flexibility index (Phi) is 4.84. The topological polar surface area (TPSA) is 55.1 Å². The van der Waals surface area contributed by atoms with Crippen molar-refractivity contribution in [2.45, 2.75) is 27.2 Å². The molecule has 0 saturated carbocycles. The number of nitrogens with one attached hydrogen (secondary N) is 1. The van der Waals surface area contributed by atoms with E-state index in [9.17, 15) is 9.18 Å². The van der Waals surface area contributed by atoms with E-state index in [0.717, 1.165) is 6.42 Å². The van der Waals surface area contributed by atoms with Crippen molar-refractivity contribution in [1.82, 2.24) is 5.32 Å². The Labute approximate surface area is 108 Å². The minimum absolute atomic E-state index is 0.0480. The van der Waals surface area contributed by atoms with Crippen LogP contribution < -0.4 is 11.1 Å². The molecule has 0 unspecified atom stereocenters. The molecule has 0 atom stereocenters. The van der Waals surface area contributed by atoms with Gasteiger partial charge in [0.15, 0.2) is 0 Å². The van der Waals surface area contributed by atoms with Gasteiger partial charge in [-0.1, -0.05) is 19.9 Å². The molecule has 1 aromatic rings. The Morgan fingerprint density at radius 1 is 1.44 bits per heavy atom. The monoisotopic (exact) mass is 252 g/mol. The lowest BCUT2D eigenvalue weighted by Gasteiger charge is -2.24. The van der Waals surface area contributed by atoms with Crippen LogP contribution in [0.1, 0.15) is 36.2 Å². The first-order chi connectivity index (χ1) is 8.35. The van der Waals surface area contributed by atoms with Crippen LogP contribution in [0.3, 0.4) is 0 Å². The quantitative estimate of drug-likeness (QED) is 0.844. The molecule has 1 aromatic carbocycles. The van der Waals surface area contributed by atoms with Crippen molar-refractivity contribution in [3.8, 4) is 0 Å². The van der Waals surface area contributed by atoms with Crippen LogP contribution in [0, 0.1) is 18.2 Å². The van der Waals surface area contributed by atoms with Crippen molar-refractivity contribution < 1.29 is 9.18 Å². The first-order valence-electron chi connectivity index (χ1n) is 6.10. The number of benzene rings is 1. The van der Waals surface area contributed by atoms with Crippen molar-refractivity contribution in [3.63, 3.8) is 0 Å². The van der Waals surface area contributed by atoms with Gasteiger partial charge in [-0.05, 0) is 43.0 Å². The van der Waals surface area contributed by atoms with E-state index >= 15 is 0 Å². The molecule has 0 aromatic heterocycles. The highest BCUT2D eigenvalue weighted by molar-refractivity contribution is 5.94. The van der Waals surface area contributed by atoms with Crippen LogP contribution in [0.5, 0.6) is 0 Å². The molecular formula is C14H21FN2O. The third-order valence-corrected chi connectivity index (χ3v) is 2.98. The average molecular weight is 252 g/mol. The standard InChI is InChI=1S/C14H21FN2O/c1-10-4-5-11(8-12(10)15)13(18)17-9-14(2,3)6-7-16/h4-5,8H,6-7,9,16H2,1-3H3,(H,17,18). The van der Waals surface area contributed by atoms with Crippen molar-refractivity contribution in [3.05, 3.63) is 35.1 Å². The molecule has 0 spiro atoms. The fourth-order valence-corrected chi connectivity index (χ4v) is 1.63. The van der Waals surface area contributed by atoms with Crippen molar-refractivity contribution in [2.24, 2.45) is 11.1 Å². The van der Waals surface area contributed by atoms with E-state index in [4.69, 9.17) is 5.73 Å². The van der Waals surface area contributed by atoms with Crippen LogP contribution in [-0.4, -0.2) is 19.0 Å². The van der Waals surface area contributed by atoms with Crippen LogP contribution in [-0.2, 0) is 0 Å². The van der Waals surface area contributed by atoms with Gasteiger partial charge in [-0.15, -0.1) is 0 Å². The van der Waals surface area contributed by atoms with E-state index in [-0.39, 0.29) is 17.1 Å². The van der Waals surface area contributed by atoms with E-state index in [0.29, 0.717) is 24.2 Å². The number of halogens is 1. The van der Waals surface area contributed by atoms with Crippen molar-refractivity contribution in [1.29, 1.82) is 0 Å². The van der Waals surface area contributed by atoms with Crippen LogP contribution in [0.25, 0.3) is 0 Å². The Bertz CT molecular complexity index is 430. The number of rotatable bonds is 5. The lowest BCUT2D eigenvalue weighted by Crippen LogP contribution is -2.35. The summed E-state index contributed by atoms with van der Waals surface area (Å²) < 4.78 is 13.3. The van der Waals surface area contributed by atoms with Gasteiger partial charge in [-0.2, -0.15) is 0 Å². The zero-order valence-corrected chi connectivity index (χ0v) is 11.2. The van der Waals surface area contributed by atoms with Gasteiger partial charge in [0.2, 0.25) is 0 Å². The number of hydrogen-bond donors (Lipinski definition) is 2. The maximum atomic E-state index is 13.3. The first kappa shape index (κ1) is 14.6. The molecule has 3 N–H and O–H groups in total. The molecule has 3 nitrogen and oxygen atoms in total. The number of carbonyl (C=O) groups is 1. The summed E-state index contributed by atoms with van der Waals surface area (Å²) in [4.78, 5) is 11.9. The van der Waals surface area contributed by atoms with E-state index in [2.05, 4.69) is 5.32 Å². The zero-order chi connectivity index (χ0) is 13.8. The largest absolute Gasteiger partial charge is 0.352 e. The summed E-state index contributed by atoms with van der Waals surface area (Å²) in [7, 11) is 0. The maximum Gasteiger partial charge on any atom is 0.251 e. The minimum atomic E-state index is -0.358. The second kappa shape index (κ2) is 5.96. The highest BCUT2D eigenvalue weighted by atomic mass is 19.1.